The van der Waals surface area contributed by atoms with Crippen LogP contribution in [0.15, 0.2) is 5.70 Å². The average molecular weight is 155 g/mol. The molecule has 5 heteroatoms. The third-order valence-corrected chi connectivity index (χ3v) is 1.51. The van der Waals surface area contributed by atoms with Crippen LogP contribution in [0.4, 0.5) is 4.79 Å². The van der Waals surface area contributed by atoms with Crippen molar-refractivity contribution in [3.05, 3.63) is 5.70 Å². The zero-order valence-corrected chi connectivity index (χ0v) is 5.96. The lowest BCUT2D eigenvalue weighted by molar-refractivity contribution is 0.215. The number of urea groups is 1. The number of amides is 2. The quantitative estimate of drug-likeness (QED) is 0.426. The zero-order chi connectivity index (χ0) is 8.27. The number of piperazine rings is 1. The Morgan fingerprint density at radius 1 is 1.73 bits per heavy atom. The van der Waals surface area contributed by atoms with E-state index in [0.29, 0.717) is 19.6 Å². The van der Waals surface area contributed by atoms with E-state index in [1.54, 1.807) is 5.94 Å². The van der Waals surface area contributed by atoms with Gasteiger partial charge in [-0.05, 0) is 0 Å². The van der Waals surface area contributed by atoms with Gasteiger partial charge in [-0.2, -0.15) is 0 Å². The smallest absolute Gasteiger partial charge is 0.319 e. The van der Waals surface area contributed by atoms with Gasteiger partial charge in [0.2, 0.25) is 0 Å². The number of hydrogen-bond donors (Lipinski definition) is 2. The summed E-state index contributed by atoms with van der Waals surface area (Å²) in [6.45, 7) is 1.47. The van der Waals surface area contributed by atoms with E-state index in [1.807, 2.05) is 0 Å². The van der Waals surface area contributed by atoms with Gasteiger partial charge in [0.1, 0.15) is 11.6 Å². The van der Waals surface area contributed by atoms with Crippen molar-refractivity contribution < 1.29 is 9.59 Å². The van der Waals surface area contributed by atoms with E-state index >= 15 is 0 Å². The molecule has 0 spiro atoms. The van der Waals surface area contributed by atoms with Crippen LogP contribution >= 0.6 is 0 Å². The van der Waals surface area contributed by atoms with Crippen molar-refractivity contribution in [2.75, 3.05) is 19.6 Å². The van der Waals surface area contributed by atoms with E-state index < -0.39 is 6.03 Å². The summed E-state index contributed by atoms with van der Waals surface area (Å²) in [5.74, 6) is 1.66. The third kappa shape index (κ3) is 1.58. The highest BCUT2D eigenvalue weighted by Crippen LogP contribution is 2.01. The van der Waals surface area contributed by atoms with Gasteiger partial charge in [-0.1, -0.05) is 0 Å². The van der Waals surface area contributed by atoms with Crippen molar-refractivity contribution in [1.29, 1.82) is 0 Å². The summed E-state index contributed by atoms with van der Waals surface area (Å²) in [5, 5.41) is 2.92. The predicted molar refractivity (Wildman–Crippen MR) is 38.4 cm³/mol. The molecule has 5 nitrogen and oxygen atoms in total. The Morgan fingerprint density at radius 2 is 2.45 bits per heavy atom. The van der Waals surface area contributed by atoms with Crippen LogP contribution in [-0.2, 0) is 4.79 Å². The number of nitrogens with two attached hydrogens (primary N) is 1. The molecule has 11 heavy (non-hydrogen) atoms. The second-order valence-corrected chi connectivity index (χ2v) is 2.22. The summed E-state index contributed by atoms with van der Waals surface area (Å²) in [6, 6.07) is -0.593. The maximum Gasteiger partial charge on any atom is 0.319 e. The SMILES string of the molecule is NC(=O)N1CCNCC1=C=O. The maximum atomic E-state index is 10.6. The zero-order valence-electron chi connectivity index (χ0n) is 5.96. The van der Waals surface area contributed by atoms with E-state index in [2.05, 4.69) is 5.32 Å². The Hall–Kier alpha value is -1.32. The highest BCUT2D eigenvalue weighted by Gasteiger charge is 2.19. The molecule has 60 valence electrons. The van der Waals surface area contributed by atoms with Crippen molar-refractivity contribution in [2.24, 2.45) is 5.73 Å². The summed E-state index contributed by atoms with van der Waals surface area (Å²) in [6.07, 6.45) is 0. The molecule has 1 saturated heterocycles. The number of carbonyl (C=O) groups excluding carboxylic acids is 2. The monoisotopic (exact) mass is 155 g/mol. The van der Waals surface area contributed by atoms with Gasteiger partial charge in [0, 0.05) is 19.6 Å². The number of hydrogen-bond acceptors (Lipinski definition) is 3. The molecule has 0 saturated carbocycles. The molecular formula is C6H9N3O2. The van der Waals surface area contributed by atoms with Crippen LogP contribution in [0.25, 0.3) is 0 Å². The lowest BCUT2D eigenvalue weighted by Gasteiger charge is -2.25. The normalized spacial score (nSPS) is 17.8. The van der Waals surface area contributed by atoms with Crippen molar-refractivity contribution >= 4 is 12.0 Å². The molecule has 2 amide bonds. The summed E-state index contributed by atoms with van der Waals surface area (Å²) < 4.78 is 0. The first-order valence-electron chi connectivity index (χ1n) is 3.27. The fourth-order valence-electron chi connectivity index (χ4n) is 0.962. The Balaban J connectivity index is 2.75. The fraction of sp³-hybridized carbons (Fsp3) is 0.500. The van der Waals surface area contributed by atoms with E-state index in [1.165, 1.54) is 4.90 Å². The molecule has 0 aromatic heterocycles. The van der Waals surface area contributed by atoms with Crippen molar-refractivity contribution in [1.82, 2.24) is 10.2 Å². The van der Waals surface area contributed by atoms with Gasteiger partial charge in [0.25, 0.3) is 0 Å². The third-order valence-electron chi connectivity index (χ3n) is 1.51. The number of nitrogens with one attached hydrogen (secondary N) is 1. The van der Waals surface area contributed by atoms with E-state index in [9.17, 15) is 9.59 Å². The minimum Gasteiger partial charge on any atom is -0.351 e. The van der Waals surface area contributed by atoms with Crippen molar-refractivity contribution in [3.8, 4) is 0 Å². The van der Waals surface area contributed by atoms with E-state index in [4.69, 9.17) is 5.73 Å². The van der Waals surface area contributed by atoms with Gasteiger partial charge in [-0.3, -0.25) is 4.90 Å². The van der Waals surface area contributed by atoms with Crippen molar-refractivity contribution in [3.63, 3.8) is 0 Å². The molecule has 0 atom stereocenters. The lowest BCUT2D eigenvalue weighted by atomic mass is 10.3. The summed E-state index contributed by atoms with van der Waals surface area (Å²) in [5.41, 5.74) is 5.27. The van der Waals surface area contributed by atoms with Crippen molar-refractivity contribution in [2.45, 2.75) is 0 Å². The van der Waals surface area contributed by atoms with Crippen LogP contribution in [0.3, 0.4) is 0 Å². The lowest BCUT2D eigenvalue weighted by Crippen LogP contribution is -2.47. The summed E-state index contributed by atoms with van der Waals surface area (Å²) >= 11 is 0. The standard InChI is InChI=1S/C6H9N3O2/c7-6(11)9-2-1-8-3-5(9)4-10/h8H,1-3H2,(H2,7,11). The first-order valence-corrected chi connectivity index (χ1v) is 3.27. The summed E-state index contributed by atoms with van der Waals surface area (Å²) in [7, 11) is 0. The number of carbonyl (C=O) groups is 1. The Bertz CT molecular complexity index is 220. The molecule has 1 rings (SSSR count). The molecule has 3 N–H and O–H groups in total. The highest BCUT2D eigenvalue weighted by molar-refractivity contribution is 5.77. The molecule has 0 aliphatic carbocycles. The second kappa shape index (κ2) is 3.18. The Morgan fingerprint density at radius 3 is 2.91 bits per heavy atom. The topological polar surface area (TPSA) is 75.4 Å². The number of nitrogens with zero attached hydrogens (tertiary/aromatic N) is 1. The molecule has 1 fully saturated rings. The molecular weight excluding hydrogens is 146 g/mol. The van der Waals surface area contributed by atoms with Crippen LogP contribution in [0.5, 0.6) is 0 Å². The van der Waals surface area contributed by atoms with Gasteiger partial charge in [-0.15, -0.1) is 0 Å². The second-order valence-electron chi connectivity index (χ2n) is 2.22. The first kappa shape index (κ1) is 7.78. The van der Waals surface area contributed by atoms with Gasteiger partial charge in [0.05, 0.1) is 0 Å². The van der Waals surface area contributed by atoms with E-state index in [0.717, 1.165) is 0 Å². The Labute approximate surface area is 63.8 Å². The molecule has 0 aromatic rings. The van der Waals surface area contributed by atoms with Crippen LogP contribution < -0.4 is 11.1 Å². The van der Waals surface area contributed by atoms with Gasteiger partial charge in [-0.25, -0.2) is 9.59 Å². The van der Waals surface area contributed by atoms with Crippen LogP contribution in [0, 0.1) is 0 Å². The molecule has 1 aliphatic heterocycles. The predicted octanol–water partition coefficient (Wildman–Crippen LogP) is -1.31. The van der Waals surface area contributed by atoms with Gasteiger partial charge < -0.3 is 11.1 Å². The molecule has 1 heterocycles. The minimum absolute atomic E-state index is 0.281. The maximum absolute atomic E-state index is 10.6. The molecule has 0 bridgehead atoms. The molecule has 1 aliphatic rings. The molecule has 0 unspecified atom stereocenters. The highest BCUT2D eigenvalue weighted by atomic mass is 16.2. The van der Waals surface area contributed by atoms with E-state index in [-0.39, 0.29) is 5.70 Å². The fourth-order valence-corrected chi connectivity index (χ4v) is 0.962. The van der Waals surface area contributed by atoms with Gasteiger partial charge >= 0.3 is 6.03 Å². The van der Waals surface area contributed by atoms with Crippen LogP contribution in [0.1, 0.15) is 0 Å². The van der Waals surface area contributed by atoms with Crippen LogP contribution in [0.2, 0.25) is 0 Å². The summed E-state index contributed by atoms with van der Waals surface area (Å²) in [4.78, 5) is 22.1. The molecule has 0 aromatic carbocycles. The number of primary amides is 1. The van der Waals surface area contributed by atoms with Gasteiger partial charge in [0.15, 0.2) is 0 Å². The number of rotatable bonds is 0. The largest absolute Gasteiger partial charge is 0.351 e. The molecule has 0 radical (unpaired) electrons. The Kier molecular flexibility index (Phi) is 2.25. The minimum atomic E-state index is -0.593. The first-order chi connectivity index (χ1) is 5.25. The van der Waals surface area contributed by atoms with Crippen LogP contribution in [-0.4, -0.2) is 36.5 Å². The average Bonchev–Trinajstić information content (AvgIpc) is 2.04.